The highest BCUT2D eigenvalue weighted by Gasteiger charge is 2.50. The Morgan fingerprint density at radius 3 is 2.00 bits per heavy atom. The number of nitrogens with zero attached hydrogens (tertiary/aromatic N) is 1. The maximum absolute atomic E-state index is 9.10. The smallest absolute Gasteiger partial charge is 0.0683 e. The van der Waals surface area contributed by atoms with Crippen molar-refractivity contribution < 1.29 is 0 Å². The second kappa shape index (κ2) is 4.26. The lowest BCUT2D eigenvalue weighted by Gasteiger charge is -2.57. The fraction of sp³-hybridized carbons (Fsp3) is 0.941. The Bertz CT molecular complexity index is 325. The molecule has 1 heteroatoms. The normalized spacial score (nSPS) is 41.9. The standard InChI is InChI=1S/C17H27N/c1-16(2,12-18)4-3-5-17-9-13-6-14(10-17)8-15(7-13)11-17/h13-15H,3-11H2,1-2H3. The minimum Gasteiger partial charge on any atom is -0.198 e. The van der Waals surface area contributed by atoms with Crippen molar-refractivity contribution in [3.05, 3.63) is 0 Å². The van der Waals surface area contributed by atoms with Gasteiger partial charge in [-0.05, 0) is 88.4 Å². The van der Waals surface area contributed by atoms with E-state index in [-0.39, 0.29) is 5.41 Å². The summed E-state index contributed by atoms with van der Waals surface area (Å²) in [6.45, 7) is 4.18. The molecule has 4 rings (SSSR count). The summed E-state index contributed by atoms with van der Waals surface area (Å²) < 4.78 is 0. The first-order chi connectivity index (χ1) is 8.50. The Balaban J connectivity index is 1.58. The van der Waals surface area contributed by atoms with Crippen molar-refractivity contribution >= 4 is 0 Å². The summed E-state index contributed by atoms with van der Waals surface area (Å²) >= 11 is 0. The van der Waals surface area contributed by atoms with Gasteiger partial charge < -0.3 is 0 Å². The van der Waals surface area contributed by atoms with Crippen LogP contribution < -0.4 is 0 Å². The zero-order valence-corrected chi connectivity index (χ0v) is 12.0. The molecule has 4 saturated carbocycles. The number of hydrogen-bond donors (Lipinski definition) is 0. The topological polar surface area (TPSA) is 23.8 Å². The Kier molecular flexibility index (Phi) is 2.96. The van der Waals surface area contributed by atoms with Gasteiger partial charge in [-0.1, -0.05) is 6.42 Å². The number of rotatable bonds is 4. The molecule has 0 atom stereocenters. The van der Waals surface area contributed by atoms with Gasteiger partial charge in [-0.25, -0.2) is 0 Å². The van der Waals surface area contributed by atoms with Gasteiger partial charge in [0.2, 0.25) is 0 Å². The van der Waals surface area contributed by atoms with Gasteiger partial charge in [0.1, 0.15) is 0 Å². The first kappa shape index (κ1) is 12.5. The van der Waals surface area contributed by atoms with E-state index < -0.39 is 0 Å². The van der Waals surface area contributed by atoms with Gasteiger partial charge >= 0.3 is 0 Å². The second-order valence-electron chi connectivity index (χ2n) is 8.27. The van der Waals surface area contributed by atoms with Crippen molar-refractivity contribution in [1.82, 2.24) is 0 Å². The Hall–Kier alpha value is -0.510. The molecule has 0 radical (unpaired) electrons. The summed E-state index contributed by atoms with van der Waals surface area (Å²) in [6.07, 6.45) is 13.0. The van der Waals surface area contributed by atoms with Gasteiger partial charge in [-0.15, -0.1) is 0 Å². The van der Waals surface area contributed by atoms with Crippen LogP contribution >= 0.6 is 0 Å². The number of nitriles is 1. The van der Waals surface area contributed by atoms with Crippen LogP contribution in [0.25, 0.3) is 0 Å². The van der Waals surface area contributed by atoms with Gasteiger partial charge in [0.25, 0.3) is 0 Å². The van der Waals surface area contributed by atoms with Crippen molar-refractivity contribution in [1.29, 1.82) is 5.26 Å². The van der Waals surface area contributed by atoms with E-state index in [9.17, 15) is 0 Å². The SMILES string of the molecule is CC(C)(C#N)CCCC12CC3CC(CC(C3)C1)C2. The molecule has 0 heterocycles. The largest absolute Gasteiger partial charge is 0.198 e. The third kappa shape index (κ3) is 2.31. The molecule has 18 heavy (non-hydrogen) atoms. The average Bonchev–Trinajstić information content (AvgIpc) is 2.26. The lowest BCUT2D eigenvalue weighted by Crippen LogP contribution is -2.46. The van der Waals surface area contributed by atoms with E-state index in [0.29, 0.717) is 5.41 Å². The molecule has 4 fully saturated rings. The molecule has 0 aromatic heterocycles. The van der Waals surface area contributed by atoms with Crippen LogP contribution in [-0.4, -0.2) is 0 Å². The molecular weight excluding hydrogens is 218 g/mol. The van der Waals surface area contributed by atoms with Crippen LogP contribution in [0.4, 0.5) is 0 Å². The first-order valence-corrected chi connectivity index (χ1v) is 7.92. The van der Waals surface area contributed by atoms with Gasteiger partial charge in [0, 0.05) is 0 Å². The summed E-state index contributed by atoms with van der Waals surface area (Å²) in [5, 5.41) is 9.10. The Morgan fingerprint density at radius 2 is 1.56 bits per heavy atom. The maximum atomic E-state index is 9.10. The van der Waals surface area contributed by atoms with Crippen LogP contribution in [0.1, 0.15) is 71.6 Å². The molecule has 4 aliphatic carbocycles. The van der Waals surface area contributed by atoms with Gasteiger partial charge in [-0.2, -0.15) is 5.26 Å². The minimum absolute atomic E-state index is 0.109. The molecule has 100 valence electrons. The van der Waals surface area contributed by atoms with Crippen LogP contribution in [0.2, 0.25) is 0 Å². The van der Waals surface area contributed by atoms with E-state index in [0.717, 1.165) is 24.2 Å². The van der Waals surface area contributed by atoms with Crippen molar-refractivity contribution in [3.8, 4) is 6.07 Å². The highest BCUT2D eigenvalue weighted by Crippen LogP contribution is 2.61. The predicted molar refractivity (Wildman–Crippen MR) is 73.9 cm³/mol. The Morgan fingerprint density at radius 1 is 1.06 bits per heavy atom. The van der Waals surface area contributed by atoms with Gasteiger partial charge in [-0.3, -0.25) is 0 Å². The fourth-order valence-corrected chi connectivity index (χ4v) is 5.56. The second-order valence-corrected chi connectivity index (χ2v) is 8.27. The van der Waals surface area contributed by atoms with E-state index in [1.165, 1.54) is 32.1 Å². The quantitative estimate of drug-likeness (QED) is 0.689. The highest BCUT2D eigenvalue weighted by atomic mass is 14.6. The van der Waals surface area contributed by atoms with Crippen molar-refractivity contribution in [2.24, 2.45) is 28.6 Å². The highest BCUT2D eigenvalue weighted by molar-refractivity contribution is 5.01. The molecule has 4 aliphatic rings. The third-order valence-corrected chi connectivity index (χ3v) is 5.98. The van der Waals surface area contributed by atoms with Crippen molar-refractivity contribution in [3.63, 3.8) is 0 Å². The van der Waals surface area contributed by atoms with E-state index in [2.05, 4.69) is 19.9 Å². The third-order valence-electron chi connectivity index (χ3n) is 5.98. The van der Waals surface area contributed by atoms with Gasteiger partial charge in [0.15, 0.2) is 0 Å². The molecule has 1 nitrogen and oxygen atoms in total. The van der Waals surface area contributed by atoms with Crippen LogP contribution in [-0.2, 0) is 0 Å². The van der Waals surface area contributed by atoms with E-state index >= 15 is 0 Å². The van der Waals surface area contributed by atoms with E-state index in [1.807, 2.05) is 0 Å². The van der Waals surface area contributed by atoms with Crippen LogP contribution in [0.3, 0.4) is 0 Å². The maximum Gasteiger partial charge on any atom is 0.0683 e. The van der Waals surface area contributed by atoms with E-state index in [1.54, 1.807) is 19.3 Å². The molecule has 0 saturated heterocycles. The summed E-state index contributed by atoms with van der Waals surface area (Å²) in [6, 6.07) is 2.45. The fourth-order valence-electron chi connectivity index (χ4n) is 5.56. The monoisotopic (exact) mass is 245 g/mol. The lowest BCUT2D eigenvalue weighted by molar-refractivity contribution is -0.0589. The molecule has 0 aliphatic heterocycles. The summed E-state index contributed by atoms with van der Waals surface area (Å²) in [5.41, 5.74) is 0.600. The molecule has 0 aromatic rings. The molecule has 0 spiro atoms. The van der Waals surface area contributed by atoms with Crippen LogP contribution in [0.15, 0.2) is 0 Å². The molecule has 0 unspecified atom stereocenters. The van der Waals surface area contributed by atoms with Gasteiger partial charge in [0.05, 0.1) is 11.5 Å². The molecule has 4 bridgehead atoms. The summed E-state index contributed by atoms with van der Waals surface area (Å²) in [7, 11) is 0. The molecular formula is C17H27N. The van der Waals surface area contributed by atoms with Crippen LogP contribution in [0.5, 0.6) is 0 Å². The number of hydrogen-bond acceptors (Lipinski definition) is 1. The Labute approximate surface area is 112 Å². The summed E-state index contributed by atoms with van der Waals surface area (Å²) in [5.74, 6) is 3.21. The van der Waals surface area contributed by atoms with E-state index in [4.69, 9.17) is 5.26 Å². The zero-order chi connectivity index (χ0) is 12.8. The molecule has 0 aromatic carbocycles. The zero-order valence-electron chi connectivity index (χ0n) is 12.0. The molecule has 0 amide bonds. The lowest BCUT2D eigenvalue weighted by atomic mass is 9.48. The summed E-state index contributed by atoms with van der Waals surface area (Å²) in [4.78, 5) is 0. The van der Waals surface area contributed by atoms with Crippen LogP contribution in [0, 0.1) is 39.9 Å². The average molecular weight is 245 g/mol. The minimum atomic E-state index is -0.109. The first-order valence-electron chi connectivity index (χ1n) is 7.92. The predicted octanol–water partition coefficient (Wildman–Crippen LogP) is 4.92. The van der Waals surface area contributed by atoms with Crippen molar-refractivity contribution in [2.75, 3.05) is 0 Å². The molecule has 0 N–H and O–H groups in total. The van der Waals surface area contributed by atoms with Crippen molar-refractivity contribution in [2.45, 2.75) is 71.6 Å².